The average molecular weight is 369 g/mol. The first kappa shape index (κ1) is 17.0. The number of hydrogen-bond acceptors (Lipinski definition) is 5. The van der Waals surface area contributed by atoms with E-state index in [2.05, 4.69) is 4.98 Å². The number of carbonyl (C=O) groups is 2. The summed E-state index contributed by atoms with van der Waals surface area (Å²) < 4.78 is 23.9. The van der Waals surface area contributed by atoms with Crippen molar-refractivity contribution >= 4 is 11.8 Å². The molecule has 2 aromatic heterocycles. The molecule has 8 heteroatoms. The van der Waals surface area contributed by atoms with Gasteiger partial charge in [0.2, 0.25) is 0 Å². The number of furan rings is 1. The van der Waals surface area contributed by atoms with Crippen molar-refractivity contribution in [2.45, 2.75) is 0 Å². The van der Waals surface area contributed by atoms with Gasteiger partial charge in [0, 0.05) is 31.7 Å². The number of aromatic nitrogens is 1. The highest BCUT2D eigenvalue weighted by atomic mass is 19.1. The standard InChI is InChI=1S/C19H16FN3O4/c20-14-4-1-3-13(11-14)17-16(21-12-27-17)19(25)23-8-6-22(7-9-23)18(24)15-5-2-10-26-15/h1-5,10-12H,6-9H2. The van der Waals surface area contributed by atoms with Crippen LogP contribution in [0.2, 0.25) is 0 Å². The Morgan fingerprint density at radius 2 is 1.70 bits per heavy atom. The Labute approximate surface area is 154 Å². The number of carbonyl (C=O) groups excluding carboxylic acids is 2. The van der Waals surface area contributed by atoms with Crippen LogP contribution in [0.3, 0.4) is 0 Å². The summed E-state index contributed by atoms with van der Waals surface area (Å²) in [5.41, 5.74) is 0.578. The number of nitrogens with zero attached hydrogens (tertiary/aromatic N) is 3. The van der Waals surface area contributed by atoms with E-state index >= 15 is 0 Å². The first-order chi connectivity index (χ1) is 13.1. The number of rotatable bonds is 3. The molecule has 27 heavy (non-hydrogen) atoms. The van der Waals surface area contributed by atoms with Crippen LogP contribution in [-0.4, -0.2) is 52.8 Å². The Balaban J connectivity index is 1.46. The summed E-state index contributed by atoms with van der Waals surface area (Å²) >= 11 is 0. The lowest BCUT2D eigenvalue weighted by Crippen LogP contribution is -2.50. The summed E-state index contributed by atoms with van der Waals surface area (Å²) in [5.74, 6) is -0.428. The third-order valence-electron chi connectivity index (χ3n) is 4.44. The van der Waals surface area contributed by atoms with Crippen molar-refractivity contribution < 1.29 is 22.8 Å². The molecular formula is C19H16FN3O4. The maximum Gasteiger partial charge on any atom is 0.289 e. The van der Waals surface area contributed by atoms with E-state index in [1.165, 1.54) is 24.8 Å². The van der Waals surface area contributed by atoms with Crippen LogP contribution in [-0.2, 0) is 0 Å². The number of amides is 2. The van der Waals surface area contributed by atoms with Crippen molar-refractivity contribution in [1.29, 1.82) is 0 Å². The summed E-state index contributed by atoms with van der Waals surface area (Å²) in [4.78, 5) is 32.4. The van der Waals surface area contributed by atoms with E-state index in [0.717, 1.165) is 0 Å². The summed E-state index contributed by atoms with van der Waals surface area (Å²) in [5, 5.41) is 0. The zero-order chi connectivity index (χ0) is 18.8. The lowest BCUT2D eigenvalue weighted by molar-refractivity contribution is 0.0515. The van der Waals surface area contributed by atoms with E-state index in [0.29, 0.717) is 31.7 Å². The van der Waals surface area contributed by atoms with Gasteiger partial charge in [0.25, 0.3) is 11.8 Å². The van der Waals surface area contributed by atoms with Gasteiger partial charge in [-0.3, -0.25) is 9.59 Å². The van der Waals surface area contributed by atoms with Gasteiger partial charge in [-0.15, -0.1) is 0 Å². The van der Waals surface area contributed by atoms with Gasteiger partial charge < -0.3 is 18.6 Å². The second-order valence-electron chi connectivity index (χ2n) is 6.10. The van der Waals surface area contributed by atoms with Gasteiger partial charge in [-0.05, 0) is 24.3 Å². The monoisotopic (exact) mass is 369 g/mol. The normalized spacial score (nSPS) is 14.4. The second-order valence-corrected chi connectivity index (χ2v) is 6.10. The molecule has 1 aromatic carbocycles. The molecule has 0 spiro atoms. The van der Waals surface area contributed by atoms with Crippen LogP contribution in [0.1, 0.15) is 21.0 Å². The highest BCUT2D eigenvalue weighted by molar-refractivity contribution is 5.98. The van der Waals surface area contributed by atoms with Gasteiger partial charge in [-0.2, -0.15) is 0 Å². The van der Waals surface area contributed by atoms with Crippen molar-refractivity contribution in [3.63, 3.8) is 0 Å². The molecule has 2 amide bonds. The molecule has 0 unspecified atom stereocenters. The van der Waals surface area contributed by atoms with Crippen molar-refractivity contribution in [1.82, 2.24) is 14.8 Å². The molecule has 1 aliphatic rings. The van der Waals surface area contributed by atoms with Crippen LogP contribution in [0.4, 0.5) is 4.39 Å². The number of benzene rings is 1. The van der Waals surface area contributed by atoms with Crippen LogP contribution in [0, 0.1) is 5.82 Å². The molecule has 0 aliphatic carbocycles. The topological polar surface area (TPSA) is 79.8 Å². The Hall–Kier alpha value is -3.42. The van der Waals surface area contributed by atoms with E-state index in [9.17, 15) is 14.0 Å². The van der Waals surface area contributed by atoms with E-state index in [-0.39, 0.29) is 29.0 Å². The first-order valence-electron chi connectivity index (χ1n) is 8.45. The molecule has 1 saturated heterocycles. The van der Waals surface area contributed by atoms with Crippen LogP contribution in [0.5, 0.6) is 0 Å². The van der Waals surface area contributed by atoms with Gasteiger partial charge in [-0.1, -0.05) is 12.1 Å². The van der Waals surface area contributed by atoms with Gasteiger partial charge in [0.15, 0.2) is 23.6 Å². The molecule has 4 rings (SSSR count). The third-order valence-corrected chi connectivity index (χ3v) is 4.44. The van der Waals surface area contributed by atoms with Crippen LogP contribution in [0.25, 0.3) is 11.3 Å². The fraction of sp³-hybridized carbons (Fsp3) is 0.211. The van der Waals surface area contributed by atoms with Crippen molar-refractivity contribution in [3.8, 4) is 11.3 Å². The van der Waals surface area contributed by atoms with Gasteiger partial charge in [-0.25, -0.2) is 9.37 Å². The molecule has 0 atom stereocenters. The molecule has 0 N–H and O–H groups in total. The number of halogens is 1. The molecule has 0 saturated carbocycles. The number of piperazine rings is 1. The second kappa shape index (κ2) is 7.06. The van der Waals surface area contributed by atoms with E-state index in [1.807, 2.05) is 0 Å². The smallest absolute Gasteiger partial charge is 0.289 e. The molecule has 3 aromatic rings. The minimum atomic E-state index is -0.424. The highest BCUT2D eigenvalue weighted by Gasteiger charge is 2.29. The van der Waals surface area contributed by atoms with Crippen molar-refractivity contribution in [2.75, 3.05) is 26.2 Å². The molecule has 0 bridgehead atoms. The molecule has 1 fully saturated rings. The average Bonchev–Trinajstić information content (AvgIpc) is 3.39. The fourth-order valence-electron chi connectivity index (χ4n) is 3.05. The molecule has 7 nitrogen and oxygen atoms in total. The number of oxazole rings is 1. The lowest BCUT2D eigenvalue weighted by atomic mass is 10.1. The first-order valence-corrected chi connectivity index (χ1v) is 8.45. The van der Waals surface area contributed by atoms with Crippen molar-refractivity contribution in [3.05, 3.63) is 66.3 Å². The minimum Gasteiger partial charge on any atom is -0.459 e. The van der Waals surface area contributed by atoms with Gasteiger partial charge in [0.05, 0.1) is 6.26 Å². The highest BCUT2D eigenvalue weighted by Crippen LogP contribution is 2.25. The van der Waals surface area contributed by atoms with Crippen LogP contribution in [0.15, 0.2) is 57.9 Å². The Morgan fingerprint density at radius 1 is 0.963 bits per heavy atom. The maximum atomic E-state index is 13.5. The van der Waals surface area contributed by atoms with Crippen LogP contribution >= 0.6 is 0 Å². The zero-order valence-electron chi connectivity index (χ0n) is 14.3. The molecule has 138 valence electrons. The maximum absolute atomic E-state index is 13.5. The Morgan fingerprint density at radius 3 is 2.37 bits per heavy atom. The minimum absolute atomic E-state index is 0.131. The molecule has 3 heterocycles. The Bertz CT molecular complexity index is 959. The fourth-order valence-corrected chi connectivity index (χ4v) is 3.05. The Kier molecular flexibility index (Phi) is 4.45. The zero-order valence-corrected chi connectivity index (χ0v) is 14.3. The molecule has 0 radical (unpaired) electrons. The molecule has 1 aliphatic heterocycles. The van der Waals surface area contributed by atoms with Gasteiger partial charge >= 0.3 is 0 Å². The predicted molar refractivity (Wildman–Crippen MR) is 92.4 cm³/mol. The quantitative estimate of drug-likeness (QED) is 0.709. The predicted octanol–water partition coefficient (Wildman–Crippen LogP) is 2.67. The van der Waals surface area contributed by atoms with E-state index in [1.54, 1.807) is 34.1 Å². The van der Waals surface area contributed by atoms with E-state index in [4.69, 9.17) is 8.83 Å². The lowest BCUT2D eigenvalue weighted by Gasteiger charge is -2.34. The SMILES string of the molecule is O=C(c1ccco1)N1CCN(C(=O)c2ncoc2-c2cccc(F)c2)CC1. The molecular weight excluding hydrogens is 353 g/mol. The summed E-state index contributed by atoms with van der Waals surface area (Å²) in [6.45, 7) is 1.50. The third kappa shape index (κ3) is 3.33. The summed E-state index contributed by atoms with van der Waals surface area (Å²) in [7, 11) is 0. The van der Waals surface area contributed by atoms with Crippen LogP contribution < -0.4 is 0 Å². The summed E-state index contributed by atoms with van der Waals surface area (Å²) in [6.07, 6.45) is 2.62. The van der Waals surface area contributed by atoms with Gasteiger partial charge in [0.1, 0.15) is 5.82 Å². The van der Waals surface area contributed by atoms with Crippen molar-refractivity contribution in [2.24, 2.45) is 0 Å². The summed E-state index contributed by atoms with van der Waals surface area (Å²) in [6, 6.07) is 9.07. The largest absolute Gasteiger partial charge is 0.459 e. The number of hydrogen-bond donors (Lipinski definition) is 0. The van der Waals surface area contributed by atoms with E-state index < -0.39 is 5.82 Å².